The molecule has 110 valence electrons. The molecule has 1 aliphatic heterocycles. The third-order valence-electron chi connectivity index (χ3n) is 4.29. The lowest BCUT2D eigenvalue weighted by Crippen LogP contribution is -2.41. The third-order valence-corrected chi connectivity index (χ3v) is 4.29. The van der Waals surface area contributed by atoms with Crippen LogP contribution in [0.15, 0.2) is 12.3 Å². The summed E-state index contributed by atoms with van der Waals surface area (Å²) in [6, 6.07) is 1.89. The monoisotopic (exact) mass is 277 g/mol. The first-order valence-corrected chi connectivity index (χ1v) is 6.99. The Hall–Kier alpha value is -0.905. The van der Waals surface area contributed by atoms with Crippen molar-refractivity contribution in [1.29, 1.82) is 0 Å². The molecule has 0 radical (unpaired) electrons. The molecule has 1 aromatic rings. The molecular formula is C15H24BNO3. The number of aromatic nitrogens is 1. The number of hydrogen-bond donors (Lipinski definition) is 1. The minimum atomic E-state index is -0.945. The molecule has 2 heterocycles. The molecule has 4 nitrogen and oxygen atoms in total. The maximum absolute atomic E-state index is 10.0. The van der Waals surface area contributed by atoms with Crippen LogP contribution in [0.5, 0.6) is 0 Å². The Labute approximate surface area is 121 Å². The molecule has 1 aromatic heterocycles. The fourth-order valence-electron chi connectivity index (χ4n) is 2.12. The van der Waals surface area contributed by atoms with Crippen molar-refractivity contribution in [3.8, 4) is 0 Å². The van der Waals surface area contributed by atoms with Gasteiger partial charge in [0.15, 0.2) is 0 Å². The Balaban J connectivity index is 2.33. The molecule has 0 amide bonds. The van der Waals surface area contributed by atoms with Crippen LogP contribution in [0.4, 0.5) is 0 Å². The van der Waals surface area contributed by atoms with E-state index in [0.29, 0.717) is 5.69 Å². The van der Waals surface area contributed by atoms with Gasteiger partial charge in [-0.1, -0.05) is 0 Å². The molecule has 1 fully saturated rings. The largest absolute Gasteiger partial charge is 0.496 e. The van der Waals surface area contributed by atoms with E-state index in [-0.39, 0.29) is 11.2 Å². The van der Waals surface area contributed by atoms with Crippen LogP contribution in [0.3, 0.4) is 0 Å². The van der Waals surface area contributed by atoms with Crippen LogP contribution >= 0.6 is 0 Å². The molecule has 20 heavy (non-hydrogen) atoms. The molecule has 0 bridgehead atoms. The molecule has 1 aliphatic rings. The van der Waals surface area contributed by atoms with Crippen molar-refractivity contribution in [2.24, 2.45) is 0 Å². The van der Waals surface area contributed by atoms with Gasteiger partial charge in [-0.15, -0.1) is 0 Å². The van der Waals surface area contributed by atoms with Crippen LogP contribution < -0.4 is 5.46 Å². The van der Waals surface area contributed by atoms with Gasteiger partial charge >= 0.3 is 7.12 Å². The molecule has 0 atom stereocenters. The molecular weight excluding hydrogens is 253 g/mol. The number of pyridine rings is 1. The summed E-state index contributed by atoms with van der Waals surface area (Å²) in [6.07, 6.45) is 1.74. The smallest absolute Gasteiger partial charge is 0.399 e. The van der Waals surface area contributed by atoms with Crippen LogP contribution in [0.1, 0.15) is 52.8 Å². The molecule has 0 aromatic carbocycles. The highest BCUT2D eigenvalue weighted by Crippen LogP contribution is 2.36. The van der Waals surface area contributed by atoms with Crippen molar-refractivity contribution in [3.05, 3.63) is 23.5 Å². The van der Waals surface area contributed by atoms with E-state index in [0.717, 1.165) is 11.0 Å². The highest BCUT2D eigenvalue weighted by Gasteiger charge is 2.52. The van der Waals surface area contributed by atoms with Crippen molar-refractivity contribution >= 4 is 12.6 Å². The summed E-state index contributed by atoms with van der Waals surface area (Å²) in [5.74, 6) is 0. The van der Waals surface area contributed by atoms with Gasteiger partial charge in [-0.05, 0) is 60.1 Å². The van der Waals surface area contributed by atoms with E-state index in [4.69, 9.17) is 9.31 Å². The fourth-order valence-corrected chi connectivity index (χ4v) is 2.12. The molecule has 0 spiro atoms. The second-order valence-electron chi connectivity index (χ2n) is 7.07. The Morgan fingerprint density at radius 3 is 2.05 bits per heavy atom. The zero-order valence-corrected chi connectivity index (χ0v) is 13.4. The standard InChI is InChI=1S/C15H24BNO3/c1-10-8-12(13(2,3)18)17-9-11(10)16-19-14(4,5)15(6,7)20-16/h8-9,18H,1-7H3. The van der Waals surface area contributed by atoms with Gasteiger partial charge in [-0.3, -0.25) is 4.98 Å². The number of rotatable bonds is 2. The predicted molar refractivity (Wildman–Crippen MR) is 79.9 cm³/mol. The van der Waals surface area contributed by atoms with Gasteiger partial charge in [-0.2, -0.15) is 0 Å². The Morgan fingerprint density at radius 1 is 1.15 bits per heavy atom. The molecule has 0 saturated carbocycles. The van der Waals surface area contributed by atoms with Crippen molar-refractivity contribution in [3.63, 3.8) is 0 Å². The first-order valence-electron chi connectivity index (χ1n) is 6.99. The fraction of sp³-hybridized carbons (Fsp3) is 0.667. The van der Waals surface area contributed by atoms with E-state index in [9.17, 15) is 5.11 Å². The predicted octanol–water partition coefficient (Wildman–Crippen LogP) is 1.92. The van der Waals surface area contributed by atoms with Crippen LogP contribution in [-0.2, 0) is 14.9 Å². The first kappa shape index (κ1) is 15.5. The van der Waals surface area contributed by atoms with Crippen LogP contribution in [0.2, 0.25) is 0 Å². The van der Waals surface area contributed by atoms with Gasteiger partial charge in [0.05, 0.1) is 16.9 Å². The zero-order chi connectivity index (χ0) is 15.3. The van der Waals surface area contributed by atoms with E-state index in [1.54, 1.807) is 20.0 Å². The Bertz CT molecular complexity index is 504. The average Bonchev–Trinajstić information content (AvgIpc) is 2.46. The quantitative estimate of drug-likeness (QED) is 0.839. The van der Waals surface area contributed by atoms with Crippen molar-refractivity contribution in [2.45, 2.75) is 65.3 Å². The van der Waals surface area contributed by atoms with E-state index in [2.05, 4.69) is 4.98 Å². The summed E-state index contributed by atoms with van der Waals surface area (Å²) in [6.45, 7) is 13.5. The van der Waals surface area contributed by atoms with Crippen LogP contribution in [-0.4, -0.2) is 28.4 Å². The molecule has 1 saturated heterocycles. The summed E-state index contributed by atoms with van der Waals surface area (Å²) < 4.78 is 12.1. The Morgan fingerprint density at radius 2 is 1.65 bits per heavy atom. The molecule has 0 aliphatic carbocycles. The van der Waals surface area contributed by atoms with Crippen molar-refractivity contribution in [1.82, 2.24) is 4.98 Å². The van der Waals surface area contributed by atoms with Crippen LogP contribution in [0.25, 0.3) is 0 Å². The Kier molecular flexibility index (Phi) is 3.52. The third kappa shape index (κ3) is 2.62. The summed E-state index contributed by atoms with van der Waals surface area (Å²) in [5.41, 5.74) is 0.902. The van der Waals surface area contributed by atoms with Gasteiger partial charge in [0.2, 0.25) is 0 Å². The SMILES string of the molecule is Cc1cc(C(C)(C)O)ncc1B1OC(C)(C)C(C)(C)O1. The number of hydrogen-bond acceptors (Lipinski definition) is 4. The average molecular weight is 277 g/mol. The maximum Gasteiger partial charge on any atom is 0.496 e. The van der Waals surface area contributed by atoms with Gasteiger partial charge in [0, 0.05) is 11.7 Å². The second kappa shape index (κ2) is 4.55. The van der Waals surface area contributed by atoms with Gasteiger partial charge in [-0.25, -0.2) is 0 Å². The molecule has 1 N–H and O–H groups in total. The summed E-state index contributed by atoms with van der Waals surface area (Å²) in [5, 5.41) is 10.0. The lowest BCUT2D eigenvalue weighted by atomic mass is 9.77. The van der Waals surface area contributed by atoms with Gasteiger partial charge in [0.25, 0.3) is 0 Å². The second-order valence-corrected chi connectivity index (χ2v) is 7.07. The zero-order valence-electron chi connectivity index (χ0n) is 13.4. The summed E-state index contributed by atoms with van der Waals surface area (Å²) >= 11 is 0. The number of aliphatic hydroxyl groups is 1. The molecule has 2 rings (SSSR count). The normalized spacial score (nSPS) is 21.3. The van der Waals surface area contributed by atoms with E-state index in [1.807, 2.05) is 40.7 Å². The lowest BCUT2D eigenvalue weighted by molar-refractivity contribution is 0.00578. The minimum Gasteiger partial charge on any atom is -0.399 e. The minimum absolute atomic E-state index is 0.362. The van der Waals surface area contributed by atoms with Gasteiger partial charge < -0.3 is 14.4 Å². The van der Waals surface area contributed by atoms with Crippen LogP contribution in [0, 0.1) is 6.92 Å². The molecule has 0 unspecified atom stereocenters. The van der Waals surface area contributed by atoms with E-state index < -0.39 is 12.7 Å². The number of nitrogens with zero attached hydrogens (tertiary/aromatic N) is 1. The maximum atomic E-state index is 10.0. The highest BCUT2D eigenvalue weighted by molar-refractivity contribution is 6.62. The summed E-state index contributed by atoms with van der Waals surface area (Å²) in [7, 11) is -0.414. The van der Waals surface area contributed by atoms with Crippen molar-refractivity contribution in [2.75, 3.05) is 0 Å². The van der Waals surface area contributed by atoms with Gasteiger partial charge in [0.1, 0.15) is 5.60 Å². The first-order chi connectivity index (χ1) is 8.94. The topological polar surface area (TPSA) is 51.6 Å². The number of aryl methyl sites for hydroxylation is 1. The summed E-state index contributed by atoms with van der Waals surface area (Å²) in [4.78, 5) is 4.34. The van der Waals surface area contributed by atoms with E-state index >= 15 is 0 Å². The molecule has 5 heteroatoms. The highest BCUT2D eigenvalue weighted by atomic mass is 16.7. The van der Waals surface area contributed by atoms with Crippen molar-refractivity contribution < 1.29 is 14.4 Å². The van der Waals surface area contributed by atoms with E-state index in [1.165, 1.54) is 0 Å². The lowest BCUT2D eigenvalue weighted by Gasteiger charge is -2.32.